The van der Waals surface area contributed by atoms with Crippen LogP contribution in [-0.2, 0) is 0 Å². The van der Waals surface area contributed by atoms with Crippen molar-refractivity contribution in [3.05, 3.63) is 34.1 Å². The van der Waals surface area contributed by atoms with Crippen LogP contribution in [-0.4, -0.2) is 17.4 Å². The van der Waals surface area contributed by atoms with Crippen molar-refractivity contribution in [2.24, 2.45) is 5.73 Å². The fourth-order valence-electron chi connectivity index (χ4n) is 1.19. The smallest absolute Gasteiger partial charge is 0.382 e. The molecule has 0 radical (unpaired) electrons. The number of hydrogen-bond donors (Lipinski definition) is 2. The predicted octanol–water partition coefficient (Wildman–Crippen LogP) is 2.93. The van der Waals surface area contributed by atoms with Crippen molar-refractivity contribution in [1.82, 2.24) is 0 Å². The van der Waals surface area contributed by atoms with E-state index in [1.165, 1.54) is 12.1 Å². The van der Waals surface area contributed by atoms with Crippen LogP contribution in [0.4, 0.5) is 17.6 Å². The molecule has 0 saturated heterocycles. The molecule has 2 nitrogen and oxygen atoms in total. The van der Waals surface area contributed by atoms with E-state index < -0.39 is 29.7 Å². The summed E-state index contributed by atoms with van der Waals surface area (Å²) in [4.78, 5) is 0. The SMILES string of the molecule is Cl.N[C@H](c1c(F)cccc1Br)[C@@H](O)C(F)(F)F. The van der Waals surface area contributed by atoms with Gasteiger partial charge in [-0.15, -0.1) is 12.4 Å². The van der Waals surface area contributed by atoms with E-state index >= 15 is 0 Å². The second kappa shape index (κ2) is 5.99. The maximum absolute atomic E-state index is 13.3. The van der Waals surface area contributed by atoms with Gasteiger partial charge in [0, 0.05) is 10.0 Å². The molecule has 0 aromatic heterocycles. The summed E-state index contributed by atoms with van der Waals surface area (Å²) < 4.78 is 49.9. The monoisotopic (exact) mass is 337 g/mol. The van der Waals surface area contributed by atoms with Gasteiger partial charge in [-0.25, -0.2) is 4.39 Å². The van der Waals surface area contributed by atoms with Gasteiger partial charge < -0.3 is 10.8 Å². The zero-order valence-electron chi connectivity index (χ0n) is 8.21. The summed E-state index contributed by atoms with van der Waals surface area (Å²) in [6.07, 6.45) is -7.69. The van der Waals surface area contributed by atoms with Crippen LogP contribution in [0.3, 0.4) is 0 Å². The Bertz CT molecular complexity index is 367. The molecule has 0 heterocycles. The Morgan fingerprint density at radius 1 is 1.29 bits per heavy atom. The van der Waals surface area contributed by atoms with Crippen LogP contribution in [0.1, 0.15) is 11.6 Å². The minimum atomic E-state index is -4.89. The Morgan fingerprint density at radius 3 is 2.24 bits per heavy atom. The third-order valence-electron chi connectivity index (χ3n) is 2.01. The number of alkyl halides is 3. The number of benzene rings is 1. The van der Waals surface area contributed by atoms with E-state index in [1.54, 1.807) is 0 Å². The first-order valence-electron chi connectivity index (χ1n) is 4.19. The average Bonchev–Trinajstić information content (AvgIpc) is 2.14. The molecular weight excluding hydrogens is 329 g/mol. The Kier molecular flexibility index (Phi) is 5.86. The molecule has 3 N–H and O–H groups in total. The number of aliphatic hydroxyl groups excluding tert-OH is 1. The van der Waals surface area contributed by atoms with Crippen molar-refractivity contribution in [1.29, 1.82) is 0 Å². The molecule has 0 aliphatic rings. The number of rotatable bonds is 2. The van der Waals surface area contributed by atoms with E-state index in [2.05, 4.69) is 15.9 Å². The molecule has 0 aliphatic heterocycles. The van der Waals surface area contributed by atoms with Gasteiger partial charge in [-0.05, 0) is 12.1 Å². The summed E-state index contributed by atoms with van der Waals surface area (Å²) in [7, 11) is 0. The van der Waals surface area contributed by atoms with Crippen molar-refractivity contribution in [2.75, 3.05) is 0 Å². The largest absolute Gasteiger partial charge is 0.416 e. The molecule has 2 atom stereocenters. The number of hydrogen-bond acceptors (Lipinski definition) is 2. The van der Waals surface area contributed by atoms with Crippen LogP contribution in [0.2, 0.25) is 0 Å². The molecule has 8 heteroatoms. The zero-order chi connectivity index (χ0) is 12.5. The van der Waals surface area contributed by atoms with Crippen LogP contribution >= 0.6 is 28.3 Å². The van der Waals surface area contributed by atoms with Gasteiger partial charge in [-0.3, -0.25) is 0 Å². The second-order valence-corrected chi connectivity index (χ2v) is 4.00. The minimum absolute atomic E-state index is 0. The van der Waals surface area contributed by atoms with Crippen LogP contribution in [0.25, 0.3) is 0 Å². The lowest BCUT2D eigenvalue weighted by molar-refractivity contribution is -0.210. The van der Waals surface area contributed by atoms with Crippen molar-refractivity contribution in [3.8, 4) is 0 Å². The summed E-state index contributed by atoms with van der Waals surface area (Å²) in [6, 6.07) is 1.77. The van der Waals surface area contributed by atoms with Gasteiger partial charge in [-0.2, -0.15) is 13.2 Å². The highest BCUT2D eigenvalue weighted by molar-refractivity contribution is 9.10. The lowest BCUT2D eigenvalue weighted by Crippen LogP contribution is -2.39. The molecular formula is C9H9BrClF4NO. The Labute approximate surface area is 109 Å². The normalized spacial score (nSPS) is 15.0. The number of nitrogens with two attached hydrogens (primary N) is 1. The Hall–Kier alpha value is -0.370. The Balaban J connectivity index is 0.00000256. The highest BCUT2D eigenvalue weighted by Crippen LogP contribution is 2.33. The highest BCUT2D eigenvalue weighted by Gasteiger charge is 2.43. The molecule has 17 heavy (non-hydrogen) atoms. The van der Waals surface area contributed by atoms with Gasteiger partial charge in [0.15, 0.2) is 6.10 Å². The van der Waals surface area contributed by atoms with Gasteiger partial charge >= 0.3 is 6.18 Å². The lowest BCUT2D eigenvalue weighted by Gasteiger charge is -2.22. The number of aliphatic hydroxyl groups is 1. The first kappa shape index (κ1) is 16.6. The van der Waals surface area contributed by atoms with E-state index in [-0.39, 0.29) is 16.9 Å². The third-order valence-corrected chi connectivity index (χ3v) is 2.70. The van der Waals surface area contributed by atoms with Crippen LogP contribution in [0.5, 0.6) is 0 Å². The molecule has 1 aromatic rings. The lowest BCUT2D eigenvalue weighted by atomic mass is 10.0. The third kappa shape index (κ3) is 3.80. The van der Waals surface area contributed by atoms with E-state index in [4.69, 9.17) is 10.8 Å². The van der Waals surface area contributed by atoms with Gasteiger partial charge in [0.1, 0.15) is 5.82 Å². The maximum atomic E-state index is 13.3. The summed E-state index contributed by atoms with van der Waals surface area (Å²) in [5.41, 5.74) is 4.79. The number of halogens is 6. The van der Waals surface area contributed by atoms with Crippen LogP contribution in [0.15, 0.2) is 22.7 Å². The van der Waals surface area contributed by atoms with Gasteiger partial charge in [0.05, 0.1) is 6.04 Å². The van der Waals surface area contributed by atoms with Gasteiger partial charge in [-0.1, -0.05) is 22.0 Å². The van der Waals surface area contributed by atoms with E-state index in [0.717, 1.165) is 6.07 Å². The molecule has 1 rings (SSSR count). The quantitative estimate of drug-likeness (QED) is 0.815. The van der Waals surface area contributed by atoms with Crippen molar-refractivity contribution < 1.29 is 22.7 Å². The van der Waals surface area contributed by atoms with E-state index in [0.29, 0.717) is 0 Å². The van der Waals surface area contributed by atoms with Crippen LogP contribution < -0.4 is 5.73 Å². The van der Waals surface area contributed by atoms with Crippen molar-refractivity contribution in [3.63, 3.8) is 0 Å². The topological polar surface area (TPSA) is 46.2 Å². The first-order valence-corrected chi connectivity index (χ1v) is 4.98. The zero-order valence-corrected chi connectivity index (χ0v) is 10.6. The average molecular weight is 339 g/mol. The van der Waals surface area contributed by atoms with E-state index in [9.17, 15) is 17.6 Å². The second-order valence-electron chi connectivity index (χ2n) is 3.15. The summed E-state index contributed by atoms with van der Waals surface area (Å²) in [5.74, 6) is -0.898. The molecule has 98 valence electrons. The molecule has 0 unspecified atom stereocenters. The molecule has 0 saturated carbocycles. The van der Waals surface area contributed by atoms with Crippen molar-refractivity contribution >= 4 is 28.3 Å². The van der Waals surface area contributed by atoms with E-state index in [1.807, 2.05) is 0 Å². The summed E-state index contributed by atoms with van der Waals surface area (Å²) in [6.45, 7) is 0. The molecule has 0 bridgehead atoms. The van der Waals surface area contributed by atoms with Crippen LogP contribution in [0, 0.1) is 5.82 Å². The fourth-order valence-corrected chi connectivity index (χ4v) is 1.80. The standard InChI is InChI=1S/C9H8BrF4NO.ClH/c10-4-2-1-3-5(11)6(4)7(15)8(16)9(12,13)14;/h1-3,7-8,16H,15H2;1H/t7-,8-;/m1./s1. The molecule has 0 aliphatic carbocycles. The fraction of sp³-hybridized carbons (Fsp3) is 0.333. The first-order chi connectivity index (χ1) is 7.25. The maximum Gasteiger partial charge on any atom is 0.416 e. The molecule has 0 spiro atoms. The van der Waals surface area contributed by atoms with Gasteiger partial charge in [0.25, 0.3) is 0 Å². The molecule has 1 aromatic carbocycles. The molecule has 0 amide bonds. The highest BCUT2D eigenvalue weighted by atomic mass is 79.9. The summed E-state index contributed by atoms with van der Waals surface area (Å²) >= 11 is 2.88. The minimum Gasteiger partial charge on any atom is -0.382 e. The van der Waals surface area contributed by atoms with Gasteiger partial charge in [0.2, 0.25) is 0 Å². The van der Waals surface area contributed by atoms with Crippen molar-refractivity contribution in [2.45, 2.75) is 18.3 Å². The predicted molar refractivity (Wildman–Crippen MR) is 60.3 cm³/mol. The summed E-state index contributed by atoms with van der Waals surface area (Å²) in [5, 5.41) is 8.92. The Morgan fingerprint density at radius 2 is 1.82 bits per heavy atom. The molecule has 0 fully saturated rings.